The predicted octanol–water partition coefficient (Wildman–Crippen LogP) is 3.68. The summed E-state index contributed by atoms with van der Waals surface area (Å²) in [6.45, 7) is 3.59. The number of primary amides is 1. The van der Waals surface area contributed by atoms with E-state index in [-0.39, 0.29) is 11.3 Å². The zero-order valence-electron chi connectivity index (χ0n) is 15.5. The molecule has 0 bridgehead atoms. The largest absolute Gasteiger partial charge is 0.496 e. The lowest BCUT2D eigenvalue weighted by Gasteiger charge is -2.21. The first-order valence-corrected chi connectivity index (χ1v) is 8.33. The molecular formula is C20H19FN2O5. The molecule has 0 fully saturated rings. The molecule has 0 spiro atoms. The summed E-state index contributed by atoms with van der Waals surface area (Å²) in [4.78, 5) is 23.7. The molecule has 0 aliphatic carbocycles. The van der Waals surface area contributed by atoms with Gasteiger partial charge in [0.05, 0.1) is 7.11 Å². The highest BCUT2D eigenvalue weighted by atomic mass is 19.1. The highest BCUT2D eigenvalue weighted by Crippen LogP contribution is 2.39. The fourth-order valence-electron chi connectivity index (χ4n) is 2.95. The summed E-state index contributed by atoms with van der Waals surface area (Å²) in [6.07, 6.45) is -1.25. The smallest absolute Gasteiger partial charge is 0.412 e. The third-order valence-electron chi connectivity index (χ3n) is 4.21. The third-order valence-corrected chi connectivity index (χ3v) is 4.21. The van der Waals surface area contributed by atoms with Crippen molar-refractivity contribution in [1.82, 2.24) is 0 Å². The van der Waals surface area contributed by atoms with Gasteiger partial charge in [0, 0.05) is 22.1 Å². The van der Waals surface area contributed by atoms with Gasteiger partial charge in [0.15, 0.2) is 0 Å². The summed E-state index contributed by atoms with van der Waals surface area (Å²) in [7, 11) is 1.47. The number of furan rings is 1. The van der Waals surface area contributed by atoms with Crippen molar-refractivity contribution in [3.63, 3.8) is 0 Å². The van der Waals surface area contributed by atoms with Crippen LogP contribution in [-0.4, -0.2) is 19.2 Å². The number of carbonyl (C=O) groups is 2. The van der Waals surface area contributed by atoms with Crippen LogP contribution in [-0.2, 0) is 10.3 Å². The molecule has 146 valence electrons. The summed E-state index contributed by atoms with van der Waals surface area (Å²) in [5.41, 5.74) is 11.8. The number of methoxy groups -OCH3 is 1. The van der Waals surface area contributed by atoms with Gasteiger partial charge in [-0.2, -0.15) is 0 Å². The molecule has 0 saturated carbocycles. The van der Waals surface area contributed by atoms with Crippen molar-refractivity contribution in [2.45, 2.75) is 19.4 Å². The van der Waals surface area contributed by atoms with Crippen LogP contribution < -0.4 is 16.2 Å². The monoisotopic (exact) mass is 386 g/mol. The van der Waals surface area contributed by atoms with E-state index in [0.717, 1.165) is 0 Å². The number of benzene rings is 2. The first kappa shape index (κ1) is 19.4. The van der Waals surface area contributed by atoms with E-state index in [1.165, 1.54) is 31.4 Å². The van der Waals surface area contributed by atoms with Crippen molar-refractivity contribution in [3.8, 4) is 17.1 Å². The second kappa shape index (κ2) is 6.97. The number of hydrogen-bond acceptors (Lipinski definition) is 6. The Bertz CT molecular complexity index is 1060. The molecule has 1 heterocycles. The van der Waals surface area contributed by atoms with Crippen molar-refractivity contribution in [3.05, 3.63) is 53.3 Å². The zero-order valence-corrected chi connectivity index (χ0v) is 15.5. The second-order valence-corrected chi connectivity index (χ2v) is 6.79. The summed E-state index contributed by atoms with van der Waals surface area (Å²) in [5.74, 6) is -0.905. The standard InChI is InChI=1S/C20H19FN2O5/c1-20(2,23)13-9-14-12(8-15(13)26-3)16(18(24)28-19(22)25)17(27-14)10-4-6-11(21)7-5-10/h4-9H,23H2,1-3H3,(H2,22,25). The van der Waals surface area contributed by atoms with Crippen molar-refractivity contribution in [1.29, 1.82) is 0 Å². The fraction of sp³-hybridized carbons (Fsp3) is 0.200. The summed E-state index contributed by atoms with van der Waals surface area (Å²) in [5, 5.41) is 0.343. The Morgan fingerprint density at radius 2 is 1.79 bits per heavy atom. The van der Waals surface area contributed by atoms with Gasteiger partial charge in [0.25, 0.3) is 0 Å². The van der Waals surface area contributed by atoms with Gasteiger partial charge in [-0.15, -0.1) is 0 Å². The van der Waals surface area contributed by atoms with E-state index >= 15 is 0 Å². The van der Waals surface area contributed by atoms with E-state index in [0.29, 0.717) is 27.8 Å². The number of fused-ring (bicyclic) bond motifs is 1. The highest BCUT2D eigenvalue weighted by Gasteiger charge is 2.28. The quantitative estimate of drug-likeness (QED) is 0.522. The summed E-state index contributed by atoms with van der Waals surface area (Å²) in [6, 6.07) is 8.56. The Morgan fingerprint density at radius 1 is 1.14 bits per heavy atom. The first-order valence-electron chi connectivity index (χ1n) is 8.33. The Kier molecular flexibility index (Phi) is 4.82. The minimum atomic E-state index is -1.25. The average molecular weight is 386 g/mol. The summed E-state index contributed by atoms with van der Waals surface area (Å²) < 4.78 is 29.2. The van der Waals surface area contributed by atoms with Crippen LogP contribution in [0.15, 0.2) is 40.8 Å². The van der Waals surface area contributed by atoms with E-state index in [4.69, 9.17) is 20.6 Å². The number of ether oxygens (including phenoxy) is 2. The minimum absolute atomic E-state index is 0.0277. The van der Waals surface area contributed by atoms with Gasteiger partial charge >= 0.3 is 12.1 Å². The Morgan fingerprint density at radius 3 is 2.32 bits per heavy atom. The van der Waals surface area contributed by atoms with Crippen LogP contribution in [0.5, 0.6) is 5.75 Å². The number of hydrogen-bond donors (Lipinski definition) is 2. The van der Waals surface area contributed by atoms with Crippen LogP contribution >= 0.6 is 0 Å². The number of nitrogens with two attached hydrogens (primary N) is 2. The molecule has 0 unspecified atom stereocenters. The molecule has 4 N–H and O–H groups in total. The van der Waals surface area contributed by atoms with Crippen molar-refractivity contribution < 1.29 is 27.9 Å². The van der Waals surface area contributed by atoms with E-state index in [2.05, 4.69) is 4.74 Å². The van der Waals surface area contributed by atoms with Crippen LogP contribution in [0.4, 0.5) is 9.18 Å². The number of esters is 1. The van der Waals surface area contributed by atoms with Crippen molar-refractivity contribution >= 4 is 23.0 Å². The molecule has 1 amide bonds. The molecule has 0 saturated heterocycles. The van der Waals surface area contributed by atoms with Gasteiger partial charge in [-0.1, -0.05) is 0 Å². The maximum Gasteiger partial charge on any atom is 0.412 e. The van der Waals surface area contributed by atoms with E-state index in [1.807, 2.05) is 0 Å². The maximum absolute atomic E-state index is 13.3. The van der Waals surface area contributed by atoms with Crippen LogP contribution in [0, 0.1) is 5.82 Å². The summed E-state index contributed by atoms with van der Waals surface area (Å²) >= 11 is 0. The van der Waals surface area contributed by atoms with Crippen LogP contribution in [0.3, 0.4) is 0 Å². The maximum atomic E-state index is 13.3. The number of carbonyl (C=O) groups excluding carboxylic acids is 2. The van der Waals surface area contributed by atoms with E-state index in [9.17, 15) is 14.0 Å². The Labute approximate surface area is 160 Å². The van der Waals surface area contributed by atoms with Gasteiger partial charge in [0.1, 0.15) is 28.5 Å². The predicted molar refractivity (Wildman–Crippen MR) is 100 cm³/mol. The molecule has 2 aromatic carbocycles. The minimum Gasteiger partial charge on any atom is -0.496 e. The van der Waals surface area contributed by atoms with Crippen LogP contribution in [0.25, 0.3) is 22.3 Å². The lowest BCUT2D eigenvalue weighted by atomic mass is 9.93. The van der Waals surface area contributed by atoms with Gasteiger partial charge in [-0.25, -0.2) is 14.0 Å². The lowest BCUT2D eigenvalue weighted by molar-refractivity contribution is 0.0640. The topological polar surface area (TPSA) is 118 Å². The van der Waals surface area contributed by atoms with Crippen molar-refractivity contribution in [2.24, 2.45) is 11.5 Å². The van der Waals surface area contributed by atoms with Gasteiger partial charge in [-0.05, 0) is 50.2 Å². The normalized spacial score (nSPS) is 11.5. The molecule has 0 aliphatic heterocycles. The van der Waals surface area contributed by atoms with Gasteiger partial charge in [0.2, 0.25) is 0 Å². The van der Waals surface area contributed by atoms with Crippen LogP contribution in [0.2, 0.25) is 0 Å². The molecule has 0 aliphatic rings. The molecule has 0 radical (unpaired) electrons. The fourth-order valence-corrected chi connectivity index (χ4v) is 2.95. The second-order valence-electron chi connectivity index (χ2n) is 6.79. The Balaban J connectivity index is 2.33. The number of rotatable bonds is 4. The number of halogens is 1. The lowest BCUT2D eigenvalue weighted by Crippen LogP contribution is -2.29. The third kappa shape index (κ3) is 3.54. The molecular weight excluding hydrogens is 367 g/mol. The van der Waals surface area contributed by atoms with Gasteiger partial charge < -0.3 is 25.4 Å². The molecule has 1 aromatic heterocycles. The van der Waals surface area contributed by atoms with Crippen LogP contribution in [0.1, 0.15) is 29.8 Å². The molecule has 28 heavy (non-hydrogen) atoms. The molecule has 3 aromatic rings. The first-order chi connectivity index (χ1) is 13.1. The average Bonchev–Trinajstić information content (AvgIpc) is 2.98. The number of amides is 1. The molecule has 7 nitrogen and oxygen atoms in total. The SMILES string of the molecule is COc1cc2c(C(=O)OC(N)=O)c(-c3ccc(F)cc3)oc2cc1C(C)(C)N. The zero-order chi connectivity index (χ0) is 20.6. The molecule has 8 heteroatoms. The Hall–Kier alpha value is -3.39. The van der Waals surface area contributed by atoms with E-state index in [1.54, 1.807) is 26.0 Å². The van der Waals surface area contributed by atoms with Crippen molar-refractivity contribution in [2.75, 3.05) is 7.11 Å². The molecule has 0 atom stereocenters. The van der Waals surface area contributed by atoms with Gasteiger partial charge in [-0.3, -0.25) is 0 Å². The van der Waals surface area contributed by atoms with E-state index < -0.39 is 23.4 Å². The molecule has 3 rings (SSSR count). The highest BCUT2D eigenvalue weighted by molar-refractivity contribution is 6.11.